The van der Waals surface area contributed by atoms with Gasteiger partial charge in [-0.25, -0.2) is 14.7 Å². The van der Waals surface area contributed by atoms with Crippen molar-refractivity contribution in [1.29, 1.82) is 0 Å². The van der Waals surface area contributed by atoms with Gasteiger partial charge in [0.1, 0.15) is 6.33 Å². The second-order valence-electron chi connectivity index (χ2n) is 3.61. The minimum Gasteiger partial charge on any atom is -0.478 e. The molecule has 0 aliphatic carbocycles. The maximum atomic E-state index is 11.2. The number of carboxylic acids is 1. The minimum absolute atomic E-state index is 0.243. The molecular formula is C11H11N3O3. The Morgan fingerprint density at radius 2 is 2.06 bits per heavy atom. The number of aromatic amines is 1. The Morgan fingerprint density at radius 3 is 2.59 bits per heavy atom. The molecule has 0 saturated heterocycles. The molecule has 0 spiro atoms. The predicted octanol–water partition coefficient (Wildman–Crippen LogP) is 0.512. The average Bonchev–Trinajstić information content (AvgIpc) is 2.73. The van der Waals surface area contributed by atoms with E-state index in [9.17, 15) is 9.59 Å². The Hall–Kier alpha value is -2.37. The molecule has 0 bridgehead atoms. The van der Waals surface area contributed by atoms with Crippen LogP contribution in [0.2, 0.25) is 0 Å². The molecule has 1 heterocycles. The lowest BCUT2D eigenvalue weighted by Gasteiger charge is -2.02. The standard InChI is InChI=1S/C11H11N3O3/c15-10(16)9-3-1-8(2-4-9)5-6-14-7-12-13-11(14)17/h1-4,7H,5-6H2,(H,13,17)(H,15,16). The van der Waals surface area contributed by atoms with E-state index in [1.165, 1.54) is 10.9 Å². The summed E-state index contributed by atoms with van der Waals surface area (Å²) in [6.07, 6.45) is 2.09. The van der Waals surface area contributed by atoms with E-state index in [4.69, 9.17) is 5.11 Å². The summed E-state index contributed by atoms with van der Waals surface area (Å²) >= 11 is 0. The molecular weight excluding hydrogens is 222 g/mol. The number of benzene rings is 1. The summed E-state index contributed by atoms with van der Waals surface area (Å²) in [6, 6.07) is 6.59. The lowest BCUT2D eigenvalue weighted by atomic mass is 10.1. The Labute approximate surface area is 96.5 Å². The fourth-order valence-corrected chi connectivity index (χ4v) is 1.49. The van der Waals surface area contributed by atoms with Crippen molar-refractivity contribution in [3.63, 3.8) is 0 Å². The van der Waals surface area contributed by atoms with Crippen LogP contribution in [0.1, 0.15) is 15.9 Å². The number of aryl methyl sites for hydroxylation is 2. The molecule has 88 valence electrons. The number of nitrogens with zero attached hydrogens (tertiary/aromatic N) is 2. The van der Waals surface area contributed by atoms with Crippen molar-refractivity contribution in [3.05, 3.63) is 52.2 Å². The molecule has 2 rings (SSSR count). The summed E-state index contributed by atoms with van der Waals surface area (Å²) in [5, 5.41) is 14.7. The number of hydrogen-bond donors (Lipinski definition) is 2. The van der Waals surface area contributed by atoms with Crippen LogP contribution in [0, 0.1) is 0 Å². The monoisotopic (exact) mass is 233 g/mol. The second kappa shape index (κ2) is 4.65. The maximum Gasteiger partial charge on any atom is 0.343 e. The number of carbonyl (C=O) groups is 1. The quantitative estimate of drug-likeness (QED) is 0.805. The Kier molecular flexibility index (Phi) is 3.04. The van der Waals surface area contributed by atoms with Crippen molar-refractivity contribution in [2.75, 3.05) is 0 Å². The van der Waals surface area contributed by atoms with Crippen LogP contribution < -0.4 is 5.69 Å². The molecule has 0 saturated carbocycles. The predicted molar refractivity (Wildman–Crippen MR) is 60.0 cm³/mol. The molecule has 6 heteroatoms. The van der Waals surface area contributed by atoms with Gasteiger partial charge in [0.2, 0.25) is 0 Å². The highest BCUT2D eigenvalue weighted by Gasteiger charge is 2.02. The summed E-state index contributed by atoms with van der Waals surface area (Å²) < 4.78 is 1.46. The van der Waals surface area contributed by atoms with Gasteiger partial charge in [-0.3, -0.25) is 4.57 Å². The SMILES string of the molecule is O=C(O)c1ccc(CCn2cn[nH]c2=O)cc1. The number of carboxylic acid groups (broad SMARTS) is 1. The van der Waals surface area contributed by atoms with Gasteiger partial charge in [0, 0.05) is 6.54 Å². The van der Waals surface area contributed by atoms with E-state index in [2.05, 4.69) is 10.2 Å². The number of aromatic carboxylic acids is 1. The molecule has 6 nitrogen and oxygen atoms in total. The van der Waals surface area contributed by atoms with Crippen LogP contribution >= 0.6 is 0 Å². The van der Waals surface area contributed by atoms with Gasteiger partial charge in [0.25, 0.3) is 0 Å². The normalized spacial score (nSPS) is 10.4. The first-order valence-electron chi connectivity index (χ1n) is 5.09. The van der Waals surface area contributed by atoms with Gasteiger partial charge >= 0.3 is 11.7 Å². The molecule has 2 N–H and O–H groups in total. The first-order chi connectivity index (χ1) is 8.16. The van der Waals surface area contributed by atoms with Crippen LogP contribution in [0.4, 0.5) is 0 Å². The first-order valence-corrected chi connectivity index (χ1v) is 5.09. The Morgan fingerprint density at radius 1 is 1.35 bits per heavy atom. The number of rotatable bonds is 4. The van der Waals surface area contributed by atoms with E-state index < -0.39 is 5.97 Å². The highest BCUT2D eigenvalue weighted by Crippen LogP contribution is 2.05. The van der Waals surface area contributed by atoms with Gasteiger partial charge < -0.3 is 5.11 Å². The third kappa shape index (κ3) is 2.60. The summed E-state index contributed by atoms with van der Waals surface area (Å²) in [5.41, 5.74) is 0.990. The maximum absolute atomic E-state index is 11.2. The first kappa shape index (κ1) is 11.1. The van der Waals surface area contributed by atoms with Crippen molar-refractivity contribution in [3.8, 4) is 0 Å². The van der Waals surface area contributed by atoms with Crippen molar-refractivity contribution >= 4 is 5.97 Å². The fraction of sp³-hybridized carbons (Fsp3) is 0.182. The van der Waals surface area contributed by atoms with Crippen molar-refractivity contribution in [2.45, 2.75) is 13.0 Å². The summed E-state index contributed by atoms with van der Waals surface area (Å²) in [7, 11) is 0. The molecule has 1 aromatic carbocycles. The van der Waals surface area contributed by atoms with E-state index in [0.717, 1.165) is 5.56 Å². The largest absolute Gasteiger partial charge is 0.478 e. The van der Waals surface area contributed by atoms with E-state index in [0.29, 0.717) is 13.0 Å². The molecule has 17 heavy (non-hydrogen) atoms. The van der Waals surface area contributed by atoms with E-state index >= 15 is 0 Å². The van der Waals surface area contributed by atoms with Gasteiger partial charge in [0.15, 0.2) is 0 Å². The van der Waals surface area contributed by atoms with Crippen molar-refractivity contribution in [1.82, 2.24) is 14.8 Å². The molecule has 0 amide bonds. The summed E-state index contributed by atoms with van der Waals surface area (Å²) in [6.45, 7) is 0.516. The highest BCUT2D eigenvalue weighted by molar-refractivity contribution is 5.87. The molecule has 0 aliphatic rings. The summed E-state index contributed by atoms with van der Waals surface area (Å²) in [5.74, 6) is -0.942. The van der Waals surface area contributed by atoms with Crippen molar-refractivity contribution < 1.29 is 9.90 Å². The second-order valence-corrected chi connectivity index (χ2v) is 3.61. The van der Waals surface area contributed by atoms with E-state index in [1.807, 2.05) is 0 Å². The molecule has 0 fully saturated rings. The fourth-order valence-electron chi connectivity index (χ4n) is 1.49. The van der Waals surface area contributed by atoms with Gasteiger partial charge in [-0.2, -0.15) is 5.10 Å². The Bertz CT molecular complexity index is 568. The van der Waals surface area contributed by atoms with Gasteiger partial charge in [-0.15, -0.1) is 0 Å². The zero-order chi connectivity index (χ0) is 12.3. The number of aromatic nitrogens is 3. The average molecular weight is 233 g/mol. The zero-order valence-electron chi connectivity index (χ0n) is 8.96. The van der Waals surface area contributed by atoms with Crippen LogP contribution in [0.25, 0.3) is 0 Å². The lowest BCUT2D eigenvalue weighted by molar-refractivity contribution is 0.0697. The van der Waals surface area contributed by atoms with Crippen LogP contribution in [-0.4, -0.2) is 25.8 Å². The molecule has 0 radical (unpaired) electrons. The van der Waals surface area contributed by atoms with E-state index in [1.54, 1.807) is 24.3 Å². The lowest BCUT2D eigenvalue weighted by Crippen LogP contribution is -2.17. The number of nitrogens with one attached hydrogen (secondary N) is 1. The molecule has 0 unspecified atom stereocenters. The van der Waals surface area contributed by atoms with E-state index in [-0.39, 0.29) is 11.3 Å². The Balaban J connectivity index is 2.03. The minimum atomic E-state index is -0.942. The molecule has 2 aromatic rings. The number of hydrogen-bond acceptors (Lipinski definition) is 3. The smallest absolute Gasteiger partial charge is 0.343 e. The third-order valence-corrected chi connectivity index (χ3v) is 2.46. The molecule has 0 atom stereocenters. The zero-order valence-corrected chi connectivity index (χ0v) is 8.96. The summed E-state index contributed by atoms with van der Waals surface area (Å²) in [4.78, 5) is 21.8. The highest BCUT2D eigenvalue weighted by atomic mass is 16.4. The number of H-pyrrole nitrogens is 1. The van der Waals surface area contributed by atoms with Gasteiger partial charge in [-0.1, -0.05) is 12.1 Å². The topological polar surface area (TPSA) is 88.0 Å². The van der Waals surface area contributed by atoms with Crippen LogP contribution in [0.15, 0.2) is 35.4 Å². The molecule has 1 aromatic heterocycles. The van der Waals surface area contributed by atoms with Gasteiger partial charge in [-0.05, 0) is 24.1 Å². The van der Waals surface area contributed by atoms with Gasteiger partial charge in [0.05, 0.1) is 5.56 Å². The molecule has 0 aliphatic heterocycles. The van der Waals surface area contributed by atoms with Crippen LogP contribution in [-0.2, 0) is 13.0 Å². The van der Waals surface area contributed by atoms with Crippen molar-refractivity contribution in [2.24, 2.45) is 0 Å². The third-order valence-electron chi connectivity index (χ3n) is 2.46. The van der Waals surface area contributed by atoms with Crippen LogP contribution in [0.3, 0.4) is 0 Å². The van der Waals surface area contributed by atoms with Crippen LogP contribution in [0.5, 0.6) is 0 Å².